The van der Waals surface area contributed by atoms with E-state index in [-0.39, 0.29) is 0 Å². The molecule has 14 aromatic rings. The van der Waals surface area contributed by atoms with Crippen molar-refractivity contribution in [3.63, 3.8) is 0 Å². The molecule has 0 aliphatic rings. The molecule has 0 unspecified atom stereocenters. The van der Waals surface area contributed by atoms with Crippen LogP contribution in [0.2, 0.25) is 0 Å². The summed E-state index contributed by atoms with van der Waals surface area (Å²) in [5.74, 6) is 1.63. The third-order valence-corrected chi connectivity index (χ3v) is 13.0. The lowest BCUT2D eigenvalue weighted by Gasteiger charge is -2.16. The van der Waals surface area contributed by atoms with Gasteiger partial charge in [0.05, 0.1) is 11.0 Å². The van der Waals surface area contributed by atoms with Gasteiger partial charge in [-0.15, -0.1) is 0 Å². The fourth-order valence-electron chi connectivity index (χ4n) is 10.0. The van der Waals surface area contributed by atoms with Crippen molar-refractivity contribution in [2.45, 2.75) is 0 Å². The van der Waals surface area contributed by atoms with Crippen molar-refractivity contribution < 1.29 is 8.83 Å². The summed E-state index contributed by atoms with van der Waals surface area (Å²) < 4.78 is 15.9. The van der Waals surface area contributed by atoms with Gasteiger partial charge in [-0.3, -0.25) is 0 Å². The van der Waals surface area contributed by atoms with Crippen molar-refractivity contribution in [1.29, 1.82) is 0 Å². The van der Waals surface area contributed by atoms with E-state index in [0.29, 0.717) is 17.5 Å². The predicted molar refractivity (Wildman–Crippen MR) is 265 cm³/mol. The van der Waals surface area contributed by atoms with Crippen LogP contribution in [0.5, 0.6) is 0 Å². The Bertz CT molecular complexity index is 4240. The number of benzene rings is 10. The van der Waals surface area contributed by atoms with Crippen LogP contribution < -0.4 is 0 Å². The molecule has 0 bridgehead atoms. The molecule has 0 radical (unpaired) electrons. The Morgan fingerprint density at radius 2 is 0.954 bits per heavy atom. The summed E-state index contributed by atoms with van der Waals surface area (Å²) in [6, 6.07) is 72.0. The van der Waals surface area contributed by atoms with Gasteiger partial charge in [0.2, 0.25) is 0 Å². The SMILES string of the molecule is c1ccc(-c2ccc(-c3nc(-c4ccc5c(oc6ccc7ccccc7c65)c4-n4c5ccccc5c5cc6ccccc6cc54)nc(-c4cccc5oc6ccccc6c45)n3)cc2)cc1. The average Bonchev–Trinajstić information content (AvgIpc) is 4.05. The van der Waals surface area contributed by atoms with Crippen molar-refractivity contribution >= 4 is 87.2 Å². The Kier molecular flexibility index (Phi) is 7.59. The molecule has 6 heteroatoms. The van der Waals surface area contributed by atoms with E-state index in [2.05, 4.69) is 174 Å². The topological polar surface area (TPSA) is 69.9 Å². The number of hydrogen-bond donors (Lipinski definition) is 0. The molecule has 0 aliphatic heterocycles. The third-order valence-electron chi connectivity index (χ3n) is 13.0. The summed E-state index contributed by atoms with van der Waals surface area (Å²) in [7, 11) is 0. The maximum Gasteiger partial charge on any atom is 0.166 e. The molecular weight excluding hydrogens is 797 g/mol. The Hall–Kier alpha value is -8.87. The van der Waals surface area contributed by atoms with E-state index in [0.717, 1.165) is 115 Å². The fraction of sp³-hybridized carbons (Fsp3) is 0. The van der Waals surface area contributed by atoms with Crippen LogP contribution >= 0.6 is 0 Å². The van der Waals surface area contributed by atoms with E-state index < -0.39 is 0 Å². The van der Waals surface area contributed by atoms with Crippen molar-refractivity contribution in [1.82, 2.24) is 19.5 Å². The molecule has 0 aliphatic carbocycles. The monoisotopic (exact) mass is 830 g/mol. The van der Waals surface area contributed by atoms with E-state index in [1.165, 1.54) is 5.39 Å². The Morgan fingerprint density at radius 1 is 0.323 bits per heavy atom. The van der Waals surface area contributed by atoms with Crippen molar-refractivity contribution in [3.05, 3.63) is 206 Å². The van der Waals surface area contributed by atoms with Crippen molar-refractivity contribution in [2.24, 2.45) is 0 Å². The second kappa shape index (κ2) is 13.8. The molecule has 302 valence electrons. The van der Waals surface area contributed by atoms with Crippen LogP contribution in [-0.4, -0.2) is 19.5 Å². The molecule has 65 heavy (non-hydrogen) atoms. The maximum atomic E-state index is 7.14. The molecule has 0 fully saturated rings. The van der Waals surface area contributed by atoms with Crippen LogP contribution in [0.3, 0.4) is 0 Å². The van der Waals surface area contributed by atoms with Gasteiger partial charge in [-0.25, -0.2) is 15.0 Å². The van der Waals surface area contributed by atoms with Crippen LogP contribution in [0, 0.1) is 0 Å². The molecular formula is C59H34N4O2. The van der Waals surface area contributed by atoms with Gasteiger partial charge in [0.15, 0.2) is 23.1 Å². The molecule has 6 nitrogen and oxygen atoms in total. The first-order valence-corrected chi connectivity index (χ1v) is 21.8. The lowest BCUT2D eigenvalue weighted by atomic mass is 10.0. The maximum absolute atomic E-state index is 7.14. The van der Waals surface area contributed by atoms with Gasteiger partial charge < -0.3 is 13.4 Å². The molecule has 10 aromatic carbocycles. The summed E-state index contributed by atoms with van der Waals surface area (Å²) in [4.78, 5) is 16.2. The van der Waals surface area contributed by atoms with Crippen molar-refractivity contribution in [3.8, 4) is 51.0 Å². The summed E-state index contributed by atoms with van der Waals surface area (Å²) in [6.45, 7) is 0. The van der Waals surface area contributed by atoms with Gasteiger partial charge in [0.25, 0.3) is 0 Å². The largest absolute Gasteiger partial charge is 0.456 e. The number of para-hydroxylation sites is 2. The van der Waals surface area contributed by atoms with E-state index in [9.17, 15) is 0 Å². The second-order valence-electron chi connectivity index (χ2n) is 16.7. The minimum atomic E-state index is 0.524. The molecule has 0 spiro atoms. The highest BCUT2D eigenvalue weighted by Gasteiger charge is 2.26. The third kappa shape index (κ3) is 5.44. The van der Waals surface area contributed by atoms with Crippen LogP contribution in [-0.2, 0) is 0 Å². The fourth-order valence-corrected chi connectivity index (χ4v) is 10.0. The highest BCUT2D eigenvalue weighted by atomic mass is 16.3. The molecule has 4 heterocycles. The first-order valence-electron chi connectivity index (χ1n) is 21.8. The Balaban J connectivity index is 1.11. The summed E-state index contributed by atoms with van der Waals surface area (Å²) in [5, 5.41) is 11.0. The van der Waals surface area contributed by atoms with Crippen molar-refractivity contribution in [2.75, 3.05) is 0 Å². The second-order valence-corrected chi connectivity index (χ2v) is 16.7. The van der Waals surface area contributed by atoms with E-state index >= 15 is 0 Å². The number of rotatable bonds is 5. The highest BCUT2D eigenvalue weighted by molar-refractivity contribution is 6.22. The Morgan fingerprint density at radius 3 is 1.80 bits per heavy atom. The van der Waals surface area contributed by atoms with Crippen LogP contribution in [0.15, 0.2) is 215 Å². The molecule has 0 N–H and O–H groups in total. The smallest absolute Gasteiger partial charge is 0.166 e. The molecule has 4 aromatic heterocycles. The van der Waals surface area contributed by atoms with E-state index in [1.54, 1.807) is 0 Å². The summed E-state index contributed by atoms with van der Waals surface area (Å²) >= 11 is 0. The number of fused-ring (bicyclic) bond motifs is 12. The minimum absolute atomic E-state index is 0.524. The molecule has 0 saturated carbocycles. The molecule has 0 amide bonds. The van der Waals surface area contributed by atoms with Gasteiger partial charge in [-0.2, -0.15) is 0 Å². The molecule has 0 atom stereocenters. The number of furan rings is 2. The Labute approximate surface area is 371 Å². The lowest BCUT2D eigenvalue weighted by molar-refractivity contribution is 0.666. The zero-order valence-electron chi connectivity index (χ0n) is 34.7. The van der Waals surface area contributed by atoms with E-state index in [1.807, 2.05) is 36.4 Å². The predicted octanol–water partition coefficient (Wildman–Crippen LogP) is 15.7. The normalized spacial score (nSPS) is 12.0. The number of aromatic nitrogens is 4. The summed E-state index contributed by atoms with van der Waals surface area (Å²) in [5.41, 5.74) is 10.9. The molecule has 14 rings (SSSR count). The van der Waals surface area contributed by atoms with Gasteiger partial charge in [0, 0.05) is 49.0 Å². The van der Waals surface area contributed by atoms with E-state index in [4.69, 9.17) is 23.8 Å². The number of hydrogen-bond acceptors (Lipinski definition) is 5. The highest BCUT2D eigenvalue weighted by Crippen LogP contribution is 2.45. The van der Waals surface area contributed by atoms with Gasteiger partial charge in [0.1, 0.15) is 22.4 Å². The zero-order valence-corrected chi connectivity index (χ0v) is 34.7. The summed E-state index contributed by atoms with van der Waals surface area (Å²) in [6.07, 6.45) is 0. The zero-order chi connectivity index (χ0) is 42.6. The van der Waals surface area contributed by atoms with Crippen LogP contribution in [0.4, 0.5) is 0 Å². The first kappa shape index (κ1) is 35.7. The quantitative estimate of drug-likeness (QED) is 0.173. The average molecular weight is 831 g/mol. The minimum Gasteiger partial charge on any atom is -0.456 e. The van der Waals surface area contributed by atoms with Gasteiger partial charge in [-0.05, 0) is 81.2 Å². The first-order chi connectivity index (χ1) is 32.2. The molecule has 0 saturated heterocycles. The standard InChI is InChI=1S/C59H34N4O2/c1-2-13-35(14-3-1)36-25-27-38(28-26-36)57-60-58(45-21-12-24-51-54(45)43-20-9-11-23-50(43)64-51)62-59(61-57)46-31-30-44-53-41-18-7-6-15-37(41)29-32-52(53)65-56(44)55(46)63-48-22-10-8-19-42(48)47-33-39-16-4-5-17-40(39)34-49(47)63/h1-34H. The van der Waals surface area contributed by atoms with Gasteiger partial charge in [-0.1, -0.05) is 158 Å². The van der Waals surface area contributed by atoms with Gasteiger partial charge >= 0.3 is 0 Å². The van der Waals surface area contributed by atoms with Crippen LogP contribution in [0.25, 0.3) is 138 Å². The van der Waals surface area contributed by atoms with Crippen LogP contribution in [0.1, 0.15) is 0 Å². The lowest BCUT2D eigenvalue weighted by Crippen LogP contribution is -2.04. The number of nitrogens with zero attached hydrogens (tertiary/aromatic N) is 4.